The summed E-state index contributed by atoms with van der Waals surface area (Å²) in [4.78, 5) is 11.7. The van der Waals surface area contributed by atoms with Crippen LogP contribution in [-0.2, 0) is 4.74 Å². The Balaban J connectivity index is 2.44. The Bertz CT molecular complexity index is 246. The van der Waals surface area contributed by atoms with Crippen molar-refractivity contribution < 1.29 is 14.6 Å². The van der Waals surface area contributed by atoms with E-state index in [4.69, 9.17) is 9.84 Å². The lowest BCUT2D eigenvalue weighted by molar-refractivity contribution is 0.0460. The number of hydrogen-bond donors (Lipinski definition) is 2. The molecule has 4 nitrogen and oxygen atoms in total. The number of aliphatic hydroxyl groups is 1. The van der Waals surface area contributed by atoms with Crippen molar-refractivity contribution in [2.24, 2.45) is 5.92 Å². The number of aliphatic hydroxyl groups excluding tert-OH is 1. The van der Waals surface area contributed by atoms with Crippen molar-refractivity contribution in [1.82, 2.24) is 5.32 Å². The molecule has 0 unspecified atom stereocenters. The zero-order valence-corrected chi connectivity index (χ0v) is 11.2. The van der Waals surface area contributed by atoms with Gasteiger partial charge in [0.2, 0.25) is 0 Å². The van der Waals surface area contributed by atoms with Crippen LogP contribution in [0.25, 0.3) is 0 Å². The Hall–Kier alpha value is -0.770. The molecule has 1 saturated carbocycles. The molecule has 1 aliphatic carbocycles. The minimum absolute atomic E-state index is 0.158. The van der Waals surface area contributed by atoms with Crippen LogP contribution in [-0.4, -0.2) is 29.4 Å². The number of hydrogen-bond acceptors (Lipinski definition) is 3. The second-order valence-corrected chi connectivity index (χ2v) is 5.81. The summed E-state index contributed by atoms with van der Waals surface area (Å²) in [6.07, 6.45) is 4.83. The molecule has 0 aromatic carbocycles. The van der Waals surface area contributed by atoms with Crippen LogP contribution < -0.4 is 5.32 Å². The predicted octanol–water partition coefficient (Wildman–Crippen LogP) is 2.45. The quantitative estimate of drug-likeness (QED) is 0.800. The number of rotatable bonds is 3. The van der Waals surface area contributed by atoms with Gasteiger partial charge in [-0.15, -0.1) is 0 Å². The molecule has 4 heteroatoms. The van der Waals surface area contributed by atoms with Crippen LogP contribution in [0, 0.1) is 5.92 Å². The Morgan fingerprint density at radius 2 is 2.00 bits per heavy atom. The second kappa shape index (κ2) is 6.24. The molecule has 100 valence electrons. The van der Waals surface area contributed by atoms with Crippen molar-refractivity contribution in [3.8, 4) is 0 Å². The van der Waals surface area contributed by atoms with Gasteiger partial charge in [0.1, 0.15) is 5.60 Å². The zero-order valence-electron chi connectivity index (χ0n) is 11.2. The Morgan fingerprint density at radius 3 is 2.59 bits per heavy atom. The Labute approximate surface area is 104 Å². The van der Waals surface area contributed by atoms with Gasteiger partial charge >= 0.3 is 6.09 Å². The van der Waals surface area contributed by atoms with Gasteiger partial charge in [-0.3, -0.25) is 0 Å². The van der Waals surface area contributed by atoms with E-state index in [0.717, 1.165) is 25.7 Å². The van der Waals surface area contributed by atoms with Crippen molar-refractivity contribution in [2.45, 2.75) is 64.5 Å². The third-order valence-corrected chi connectivity index (χ3v) is 3.11. The fourth-order valence-electron chi connectivity index (χ4n) is 2.37. The van der Waals surface area contributed by atoms with Crippen molar-refractivity contribution in [2.75, 3.05) is 6.61 Å². The van der Waals surface area contributed by atoms with E-state index in [1.165, 1.54) is 6.42 Å². The monoisotopic (exact) mass is 243 g/mol. The molecule has 0 bridgehead atoms. The van der Waals surface area contributed by atoms with Crippen LogP contribution >= 0.6 is 0 Å². The molecule has 1 aliphatic rings. The number of nitrogens with one attached hydrogen (secondary N) is 1. The standard InChI is InChI=1S/C13H25NO3/c1-13(2,3)17-12(16)14-11-7-5-4-6-10(11)8-9-15/h10-11,15H,4-9H2,1-3H3,(H,14,16)/t10-,11+/m1/s1. The highest BCUT2D eigenvalue weighted by molar-refractivity contribution is 5.68. The molecular formula is C13H25NO3. The maximum absolute atomic E-state index is 11.7. The number of carbonyl (C=O) groups is 1. The minimum Gasteiger partial charge on any atom is -0.444 e. The molecule has 1 fully saturated rings. The number of carbonyl (C=O) groups excluding carboxylic acids is 1. The van der Waals surface area contributed by atoms with Gasteiger partial charge in [-0.1, -0.05) is 12.8 Å². The highest BCUT2D eigenvalue weighted by Crippen LogP contribution is 2.27. The van der Waals surface area contributed by atoms with E-state index < -0.39 is 5.60 Å². The molecule has 0 radical (unpaired) electrons. The molecule has 0 aromatic heterocycles. The average molecular weight is 243 g/mol. The summed E-state index contributed by atoms with van der Waals surface area (Å²) in [7, 11) is 0. The molecule has 0 spiro atoms. The van der Waals surface area contributed by atoms with Crippen LogP contribution in [0.1, 0.15) is 52.9 Å². The van der Waals surface area contributed by atoms with Crippen LogP contribution in [0.2, 0.25) is 0 Å². The van der Waals surface area contributed by atoms with Gasteiger partial charge in [0.25, 0.3) is 0 Å². The van der Waals surface area contributed by atoms with E-state index >= 15 is 0 Å². The molecular weight excluding hydrogens is 218 g/mol. The fraction of sp³-hybridized carbons (Fsp3) is 0.923. The number of ether oxygens (including phenoxy) is 1. The first-order valence-corrected chi connectivity index (χ1v) is 6.53. The lowest BCUT2D eigenvalue weighted by Crippen LogP contribution is -2.44. The minimum atomic E-state index is -0.453. The third-order valence-electron chi connectivity index (χ3n) is 3.11. The largest absolute Gasteiger partial charge is 0.444 e. The number of amides is 1. The first-order valence-electron chi connectivity index (χ1n) is 6.53. The third kappa shape index (κ3) is 5.39. The Morgan fingerprint density at radius 1 is 1.35 bits per heavy atom. The van der Waals surface area contributed by atoms with E-state index in [1.807, 2.05) is 20.8 Å². The van der Waals surface area contributed by atoms with Gasteiger partial charge in [0, 0.05) is 12.6 Å². The molecule has 0 heterocycles. The van der Waals surface area contributed by atoms with E-state index in [-0.39, 0.29) is 18.7 Å². The molecule has 2 N–H and O–H groups in total. The summed E-state index contributed by atoms with van der Waals surface area (Å²) in [5, 5.41) is 12.0. The van der Waals surface area contributed by atoms with Gasteiger partial charge in [0.15, 0.2) is 0 Å². The van der Waals surface area contributed by atoms with Crippen LogP contribution in [0.15, 0.2) is 0 Å². The molecule has 1 amide bonds. The van der Waals surface area contributed by atoms with Crippen molar-refractivity contribution in [3.63, 3.8) is 0 Å². The summed E-state index contributed by atoms with van der Waals surface area (Å²) in [6, 6.07) is 0.158. The van der Waals surface area contributed by atoms with Crippen molar-refractivity contribution >= 4 is 6.09 Å². The second-order valence-electron chi connectivity index (χ2n) is 5.81. The summed E-state index contributed by atoms with van der Waals surface area (Å²) in [5.74, 6) is 0.390. The highest BCUT2D eigenvalue weighted by Gasteiger charge is 2.27. The summed E-state index contributed by atoms with van der Waals surface area (Å²) in [6.45, 7) is 5.77. The van der Waals surface area contributed by atoms with Gasteiger partial charge in [-0.25, -0.2) is 4.79 Å². The van der Waals surface area contributed by atoms with E-state index in [9.17, 15) is 4.79 Å². The molecule has 1 rings (SSSR count). The van der Waals surface area contributed by atoms with Crippen LogP contribution in [0.4, 0.5) is 4.79 Å². The summed E-state index contributed by atoms with van der Waals surface area (Å²) < 4.78 is 5.25. The molecule has 0 saturated heterocycles. The normalized spacial score (nSPS) is 25.4. The average Bonchev–Trinajstić information content (AvgIpc) is 2.18. The maximum Gasteiger partial charge on any atom is 0.407 e. The van der Waals surface area contributed by atoms with E-state index in [2.05, 4.69) is 5.32 Å². The SMILES string of the molecule is CC(C)(C)OC(=O)N[C@H]1CCCC[C@@H]1CCO. The fourth-order valence-corrected chi connectivity index (χ4v) is 2.37. The lowest BCUT2D eigenvalue weighted by atomic mass is 9.83. The van der Waals surface area contributed by atoms with Crippen molar-refractivity contribution in [3.05, 3.63) is 0 Å². The van der Waals surface area contributed by atoms with Gasteiger partial charge in [-0.2, -0.15) is 0 Å². The topological polar surface area (TPSA) is 58.6 Å². The van der Waals surface area contributed by atoms with E-state index in [1.54, 1.807) is 0 Å². The molecule has 2 atom stereocenters. The van der Waals surface area contributed by atoms with Gasteiger partial charge < -0.3 is 15.2 Å². The maximum atomic E-state index is 11.7. The predicted molar refractivity (Wildman–Crippen MR) is 66.8 cm³/mol. The molecule has 0 aromatic rings. The summed E-state index contributed by atoms with van der Waals surface area (Å²) in [5.41, 5.74) is -0.453. The molecule has 17 heavy (non-hydrogen) atoms. The first-order chi connectivity index (χ1) is 7.92. The summed E-state index contributed by atoms with van der Waals surface area (Å²) >= 11 is 0. The Kier molecular flexibility index (Phi) is 5.25. The van der Waals surface area contributed by atoms with Crippen LogP contribution in [0.5, 0.6) is 0 Å². The molecule has 0 aliphatic heterocycles. The highest BCUT2D eigenvalue weighted by atomic mass is 16.6. The van der Waals surface area contributed by atoms with Crippen molar-refractivity contribution in [1.29, 1.82) is 0 Å². The smallest absolute Gasteiger partial charge is 0.407 e. The van der Waals surface area contributed by atoms with Gasteiger partial charge in [0.05, 0.1) is 0 Å². The van der Waals surface area contributed by atoms with Crippen LogP contribution in [0.3, 0.4) is 0 Å². The van der Waals surface area contributed by atoms with Gasteiger partial charge in [-0.05, 0) is 46.0 Å². The number of alkyl carbamates (subject to hydrolysis) is 1. The zero-order chi connectivity index (χ0) is 12.9. The van der Waals surface area contributed by atoms with E-state index in [0.29, 0.717) is 5.92 Å². The lowest BCUT2D eigenvalue weighted by Gasteiger charge is -2.32. The first kappa shape index (κ1) is 14.3.